The standard InChI is InChI=1S/C25H26N4O/c1-16-9-11-21(12-10-16)15-29-20(5)23(19(4)28-29)13-22(14-26)25(30)27-24-8-6-7-17(2)18(24)3/h6-13H,15H2,1-5H3,(H,27,30)/b22-13+. The van der Waals surface area contributed by atoms with E-state index in [-0.39, 0.29) is 5.57 Å². The summed E-state index contributed by atoms with van der Waals surface area (Å²) in [6.45, 7) is 10.5. The van der Waals surface area contributed by atoms with Crippen LogP contribution in [-0.4, -0.2) is 15.7 Å². The third-order valence-corrected chi connectivity index (χ3v) is 5.40. The average Bonchev–Trinajstić information content (AvgIpc) is 2.98. The number of hydrogen-bond donors (Lipinski definition) is 1. The van der Waals surface area contributed by atoms with Gasteiger partial charge in [-0.25, -0.2) is 0 Å². The predicted molar refractivity (Wildman–Crippen MR) is 120 cm³/mol. The van der Waals surface area contributed by atoms with Crippen molar-refractivity contribution < 1.29 is 4.79 Å². The molecule has 0 saturated carbocycles. The molecule has 1 aromatic heterocycles. The molecule has 0 atom stereocenters. The number of nitrogens with one attached hydrogen (secondary N) is 1. The maximum absolute atomic E-state index is 12.7. The van der Waals surface area contributed by atoms with Gasteiger partial charge in [0.2, 0.25) is 0 Å². The number of amides is 1. The van der Waals surface area contributed by atoms with E-state index in [4.69, 9.17) is 0 Å². The molecule has 1 N–H and O–H groups in total. The molecule has 0 aliphatic carbocycles. The highest BCUT2D eigenvalue weighted by atomic mass is 16.1. The quantitative estimate of drug-likeness (QED) is 0.485. The van der Waals surface area contributed by atoms with E-state index < -0.39 is 5.91 Å². The Morgan fingerprint density at radius 1 is 1.10 bits per heavy atom. The van der Waals surface area contributed by atoms with Crippen LogP contribution in [0, 0.1) is 45.9 Å². The summed E-state index contributed by atoms with van der Waals surface area (Å²) in [6.07, 6.45) is 1.63. The van der Waals surface area contributed by atoms with Gasteiger partial charge in [-0.1, -0.05) is 42.0 Å². The van der Waals surface area contributed by atoms with Crippen molar-refractivity contribution in [1.82, 2.24) is 9.78 Å². The molecule has 1 amide bonds. The third-order valence-electron chi connectivity index (χ3n) is 5.40. The minimum Gasteiger partial charge on any atom is -0.321 e. The molecule has 5 nitrogen and oxygen atoms in total. The number of benzene rings is 2. The van der Waals surface area contributed by atoms with Crippen LogP contribution in [0.3, 0.4) is 0 Å². The Bertz CT molecular complexity index is 1160. The Hall–Kier alpha value is -3.65. The summed E-state index contributed by atoms with van der Waals surface area (Å²) in [6, 6.07) is 16.1. The Balaban J connectivity index is 1.87. The molecule has 3 rings (SSSR count). The molecular formula is C25H26N4O. The zero-order valence-corrected chi connectivity index (χ0v) is 18.1. The number of anilines is 1. The van der Waals surface area contributed by atoms with E-state index in [1.165, 1.54) is 5.56 Å². The number of nitrogens with zero attached hydrogens (tertiary/aromatic N) is 3. The molecule has 152 valence electrons. The summed E-state index contributed by atoms with van der Waals surface area (Å²) in [5, 5.41) is 17.1. The Morgan fingerprint density at radius 2 is 1.80 bits per heavy atom. The van der Waals surface area contributed by atoms with Gasteiger partial charge in [-0.05, 0) is 63.5 Å². The second-order valence-electron chi connectivity index (χ2n) is 7.60. The minimum absolute atomic E-state index is 0.0528. The van der Waals surface area contributed by atoms with E-state index in [0.717, 1.165) is 33.6 Å². The van der Waals surface area contributed by atoms with Crippen LogP contribution in [0.2, 0.25) is 0 Å². The predicted octanol–water partition coefficient (Wildman–Crippen LogP) is 5.02. The fourth-order valence-electron chi connectivity index (χ4n) is 3.31. The summed E-state index contributed by atoms with van der Waals surface area (Å²) in [5.74, 6) is -0.420. The lowest BCUT2D eigenvalue weighted by molar-refractivity contribution is -0.112. The van der Waals surface area contributed by atoms with Gasteiger partial charge in [-0.15, -0.1) is 0 Å². The van der Waals surface area contributed by atoms with E-state index in [1.54, 1.807) is 6.08 Å². The second-order valence-corrected chi connectivity index (χ2v) is 7.60. The van der Waals surface area contributed by atoms with Gasteiger partial charge in [-0.2, -0.15) is 10.4 Å². The Labute approximate surface area is 177 Å². The highest BCUT2D eigenvalue weighted by Gasteiger charge is 2.16. The van der Waals surface area contributed by atoms with Gasteiger partial charge in [0, 0.05) is 16.9 Å². The number of nitriles is 1. The van der Waals surface area contributed by atoms with Crippen LogP contribution in [0.5, 0.6) is 0 Å². The van der Waals surface area contributed by atoms with Crippen LogP contribution < -0.4 is 5.32 Å². The van der Waals surface area contributed by atoms with Crippen LogP contribution in [0.1, 0.15) is 39.2 Å². The first kappa shape index (κ1) is 21.1. The van der Waals surface area contributed by atoms with Gasteiger partial charge >= 0.3 is 0 Å². The van der Waals surface area contributed by atoms with Crippen molar-refractivity contribution in [3.05, 3.63) is 87.2 Å². The van der Waals surface area contributed by atoms with Crippen molar-refractivity contribution in [3.8, 4) is 6.07 Å². The molecule has 0 fully saturated rings. The first-order valence-corrected chi connectivity index (χ1v) is 9.89. The Kier molecular flexibility index (Phi) is 6.17. The molecule has 5 heteroatoms. The topological polar surface area (TPSA) is 70.7 Å². The van der Waals surface area contributed by atoms with Gasteiger partial charge in [-0.3, -0.25) is 9.48 Å². The largest absolute Gasteiger partial charge is 0.321 e. The molecule has 0 radical (unpaired) electrons. The van der Waals surface area contributed by atoms with Crippen LogP contribution in [-0.2, 0) is 11.3 Å². The third kappa shape index (κ3) is 4.49. The van der Waals surface area contributed by atoms with Crippen molar-refractivity contribution in [3.63, 3.8) is 0 Å². The zero-order valence-electron chi connectivity index (χ0n) is 18.1. The number of aryl methyl sites for hydroxylation is 3. The van der Waals surface area contributed by atoms with Crippen molar-refractivity contribution in [1.29, 1.82) is 5.26 Å². The monoisotopic (exact) mass is 398 g/mol. The molecule has 0 aliphatic heterocycles. The fraction of sp³-hybridized carbons (Fsp3) is 0.240. The minimum atomic E-state index is -0.420. The summed E-state index contributed by atoms with van der Waals surface area (Å²) >= 11 is 0. The SMILES string of the molecule is Cc1ccc(Cn2nc(C)c(/C=C(\C#N)C(=O)Nc3cccc(C)c3C)c2C)cc1. The molecule has 0 bridgehead atoms. The summed E-state index contributed by atoms with van der Waals surface area (Å²) < 4.78 is 1.91. The van der Waals surface area contributed by atoms with Gasteiger partial charge < -0.3 is 5.32 Å². The van der Waals surface area contributed by atoms with E-state index >= 15 is 0 Å². The summed E-state index contributed by atoms with van der Waals surface area (Å²) in [7, 11) is 0. The second kappa shape index (κ2) is 8.79. The van der Waals surface area contributed by atoms with E-state index in [0.29, 0.717) is 12.2 Å². The fourth-order valence-corrected chi connectivity index (χ4v) is 3.31. The van der Waals surface area contributed by atoms with Crippen LogP contribution in [0.4, 0.5) is 5.69 Å². The lowest BCUT2D eigenvalue weighted by Crippen LogP contribution is -2.14. The van der Waals surface area contributed by atoms with Crippen molar-refractivity contribution in [2.45, 2.75) is 41.2 Å². The molecule has 0 unspecified atom stereocenters. The van der Waals surface area contributed by atoms with Gasteiger partial charge in [0.25, 0.3) is 5.91 Å². The van der Waals surface area contributed by atoms with Crippen LogP contribution in [0.25, 0.3) is 6.08 Å². The smallest absolute Gasteiger partial charge is 0.266 e. The first-order chi connectivity index (χ1) is 14.3. The average molecular weight is 399 g/mol. The molecule has 0 spiro atoms. The highest BCUT2D eigenvalue weighted by Crippen LogP contribution is 2.21. The number of carbonyl (C=O) groups is 1. The van der Waals surface area contributed by atoms with E-state index in [1.807, 2.05) is 56.6 Å². The molecule has 30 heavy (non-hydrogen) atoms. The van der Waals surface area contributed by atoms with E-state index in [2.05, 4.69) is 41.6 Å². The lowest BCUT2D eigenvalue weighted by atomic mass is 10.1. The number of rotatable bonds is 5. The van der Waals surface area contributed by atoms with Crippen molar-refractivity contribution in [2.75, 3.05) is 5.32 Å². The van der Waals surface area contributed by atoms with Crippen LogP contribution in [0.15, 0.2) is 48.0 Å². The number of aromatic nitrogens is 2. The maximum Gasteiger partial charge on any atom is 0.266 e. The molecule has 0 aliphatic rings. The number of hydrogen-bond acceptors (Lipinski definition) is 3. The zero-order chi connectivity index (χ0) is 21.8. The van der Waals surface area contributed by atoms with Gasteiger partial charge in [0.05, 0.1) is 12.2 Å². The van der Waals surface area contributed by atoms with Crippen molar-refractivity contribution in [2.24, 2.45) is 0 Å². The molecule has 1 heterocycles. The van der Waals surface area contributed by atoms with E-state index in [9.17, 15) is 10.1 Å². The summed E-state index contributed by atoms with van der Waals surface area (Å²) in [4.78, 5) is 12.7. The number of carbonyl (C=O) groups excluding carboxylic acids is 1. The summed E-state index contributed by atoms with van der Waals surface area (Å²) in [5.41, 5.74) is 7.70. The molecule has 3 aromatic rings. The van der Waals surface area contributed by atoms with Gasteiger partial charge in [0.15, 0.2) is 0 Å². The first-order valence-electron chi connectivity index (χ1n) is 9.89. The normalized spacial score (nSPS) is 11.3. The van der Waals surface area contributed by atoms with Crippen LogP contribution >= 0.6 is 0 Å². The molecule has 0 saturated heterocycles. The lowest BCUT2D eigenvalue weighted by Gasteiger charge is -2.10. The Morgan fingerprint density at radius 3 is 2.47 bits per heavy atom. The molecule has 2 aromatic carbocycles. The van der Waals surface area contributed by atoms with Gasteiger partial charge in [0.1, 0.15) is 11.6 Å². The molecular weight excluding hydrogens is 372 g/mol. The maximum atomic E-state index is 12.7. The van der Waals surface area contributed by atoms with Crippen molar-refractivity contribution >= 4 is 17.7 Å². The highest BCUT2D eigenvalue weighted by molar-refractivity contribution is 6.10.